The van der Waals surface area contributed by atoms with Crippen molar-refractivity contribution in [3.05, 3.63) is 62.0 Å². The minimum atomic E-state index is -0.428. The Morgan fingerprint density at radius 3 is 2.57 bits per heavy atom. The molecular weight excluding hydrogens is 422 g/mol. The van der Waals surface area contributed by atoms with Crippen molar-refractivity contribution in [3.8, 4) is 0 Å². The normalized spacial score (nSPS) is 13.2. The Morgan fingerprint density at radius 2 is 1.77 bits per heavy atom. The number of anilines is 1. The summed E-state index contributed by atoms with van der Waals surface area (Å²) < 4.78 is 5.06. The molecule has 0 saturated heterocycles. The number of rotatable bonds is 4. The number of hydrogen-bond acceptors (Lipinski definition) is 6. The maximum absolute atomic E-state index is 12.5. The van der Waals surface area contributed by atoms with E-state index in [1.54, 1.807) is 25.1 Å². The van der Waals surface area contributed by atoms with Crippen molar-refractivity contribution in [1.29, 1.82) is 0 Å². The Balaban J connectivity index is 1.36. The third-order valence-electron chi connectivity index (χ3n) is 4.87. The minimum Gasteiger partial charge on any atom is -0.459 e. The van der Waals surface area contributed by atoms with E-state index >= 15 is 0 Å². The topological polar surface area (TPSA) is 100 Å². The van der Waals surface area contributed by atoms with E-state index in [-0.39, 0.29) is 17.6 Å². The molecule has 1 aliphatic carbocycles. The van der Waals surface area contributed by atoms with Gasteiger partial charge in [0.25, 0.3) is 17.7 Å². The van der Waals surface area contributed by atoms with Gasteiger partial charge >= 0.3 is 0 Å². The molecule has 0 bridgehead atoms. The highest BCUT2D eigenvalue weighted by molar-refractivity contribution is 7.18. The van der Waals surface area contributed by atoms with Crippen molar-refractivity contribution in [2.45, 2.75) is 39.0 Å². The first-order valence-electron chi connectivity index (χ1n) is 9.69. The Kier molecular flexibility index (Phi) is 6.01. The van der Waals surface area contributed by atoms with Gasteiger partial charge in [0, 0.05) is 4.88 Å². The van der Waals surface area contributed by atoms with Crippen molar-refractivity contribution in [2.75, 3.05) is 5.32 Å². The smallest absolute Gasteiger partial charge is 0.291 e. The molecule has 156 valence electrons. The summed E-state index contributed by atoms with van der Waals surface area (Å²) >= 11 is 2.63. The highest BCUT2D eigenvalue weighted by Gasteiger charge is 2.19. The van der Waals surface area contributed by atoms with Crippen LogP contribution < -0.4 is 16.2 Å². The van der Waals surface area contributed by atoms with Crippen LogP contribution in [0.5, 0.6) is 0 Å². The predicted molar refractivity (Wildman–Crippen MR) is 116 cm³/mol. The Bertz CT molecular complexity index is 1060. The molecule has 30 heavy (non-hydrogen) atoms. The lowest BCUT2D eigenvalue weighted by atomic mass is 10.1. The second kappa shape index (κ2) is 8.85. The van der Waals surface area contributed by atoms with Crippen LogP contribution in [0.3, 0.4) is 0 Å². The summed E-state index contributed by atoms with van der Waals surface area (Å²) in [6, 6.07) is 6.83. The molecule has 1 aliphatic rings. The standard InChI is InChI=1S/C21H21N3O4S2/c1-12-10-17(22-19(25)14-7-5-9-28-14)30-18(12)21(27)24-23-20(26)16-11-13-6-3-2-4-8-15(13)29-16/h5,7,9-11H,2-4,6,8H2,1H3,(H,22,25)(H,23,26)(H,24,27). The number of nitrogens with one attached hydrogen (secondary N) is 3. The summed E-state index contributed by atoms with van der Waals surface area (Å²) in [6.45, 7) is 1.77. The van der Waals surface area contributed by atoms with Gasteiger partial charge in [0.15, 0.2) is 5.76 Å². The molecule has 3 N–H and O–H groups in total. The van der Waals surface area contributed by atoms with Crippen LogP contribution in [0.4, 0.5) is 5.00 Å². The molecule has 9 heteroatoms. The largest absolute Gasteiger partial charge is 0.459 e. The fourth-order valence-electron chi connectivity index (χ4n) is 3.36. The van der Waals surface area contributed by atoms with Gasteiger partial charge in [0.1, 0.15) is 0 Å². The average Bonchev–Trinajstić information content (AvgIpc) is 3.44. The summed E-state index contributed by atoms with van der Waals surface area (Å²) in [6.07, 6.45) is 6.97. The SMILES string of the molecule is Cc1cc(NC(=O)c2ccco2)sc1C(=O)NNC(=O)c1cc2c(s1)CCCCC2. The lowest BCUT2D eigenvalue weighted by molar-refractivity contribution is 0.0851. The Morgan fingerprint density at radius 1 is 0.967 bits per heavy atom. The Hall–Kier alpha value is -2.91. The zero-order valence-electron chi connectivity index (χ0n) is 16.4. The highest BCUT2D eigenvalue weighted by Crippen LogP contribution is 2.29. The van der Waals surface area contributed by atoms with Crippen LogP contribution in [-0.2, 0) is 12.8 Å². The lowest BCUT2D eigenvalue weighted by Gasteiger charge is -2.05. The number of carbonyl (C=O) groups is 3. The molecule has 3 amide bonds. The maximum Gasteiger partial charge on any atom is 0.291 e. The second-order valence-corrected chi connectivity index (χ2v) is 9.27. The summed E-state index contributed by atoms with van der Waals surface area (Å²) in [4.78, 5) is 39.4. The fraction of sp³-hybridized carbons (Fsp3) is 0.286. The molecule has 3 aromatic heterocycles. The number of amides is 3. The molecule has 0 unspecified atom stereocenters. The van der Waals surface area contributed by atoms with Crippen molar-refractivity contribution in [1.82, 2.24) is 10.9 Å². The highest BCUT2D eigenvalue weighted by atomic mass is 32.1. The van der Waals surface area contributed by atoms with Crippen LogP contribution in [0.15, 0.2) is 34.9 Å². The lowest BCUT2D eigenvalue weighted by Crippen LogP contribution is -2.41. The van der Waals surface area contributed by atoms with Crippen molar-refractivity contribution >= 4 is 45.4 Å². The van der Waals surface area contributed by atoms with Crippen molar-refractivity contribution in [2.24, 2.45) is 0 Å². The summed E-state index contributed by atoms with van der Waals surface area (Å²) in [5.41, 5.74) is 6.92. The molecule has 0 aliphatic heterocycles. The zero-order chi connectivity index (χ0) is 21.1. The molecule has 0 radical (unpaired) electrons. The van der Waals surface area contributed by atoms with E-state index in [0.717, 1.165) is 37.0 Å². The molecule has 0 aromatic carbocycles. The van der Waals surface area contributed by atoms with E-state index in [1.165, 1.54) is 34.5 Å². The van der Waals surface area contributed by atoms with Crippen LogP contribution in [0, 0.1) is 6.92 Å². The van der Waals surface area contributed by atoms with Crippen LogP contribution in [0.2, 0.25) is 0 Å². The molecule has 0 fully saturated rings. The summed E-state index contributed by atoms with van der Waals surface area (Å²) in [7, 11) is 0. The zero-order valence-corrected chi connectivity index (χ0v) is 18.0. The van der Waals surface area contributed by atoms with Crippen molar-refractivity contribution in [3.63, 3.8) is 0 Å². The van der Waals surface area contributed by atoms with Gasteiger partial charge in [0.05, 0.1) is 21.0 Å². The van der Waals surface area contributed by atoms with E-state index in [0.29, 0.717) is 20.3 Å². The molecule has 3 aromatic rings. The first kappa shape index (κ1) is 20.4. The Labute approximate surface area is 181 Å². The molecule has 0 atom stereocenters. The van der Waals surface area contributed by atoms with Gasteiger partial charge < -0.3 is 9.73 Å². The predicted octanol–water partition coefficient (Wildman–Crippen LogP) is 4.31. The van der Waals surface area contributed by atoms with Gasteiger partial charge in [-0.15, -0.1) is 22.7 Å². The number of hydrazine groups is 1. The van der Waals surface area contributed by atoms with Crippen LogP contribution in [0.1, 0.15) is 65.2 Å². The molecule has 7 nitrogen and oxygen atoms in total. The maximum atomic E-state index is 12.5. The first-order chi connectivity index (χ1) is 14.5. The summed E-state index contributed by atoms with van der Waals surface area (Å²) in [5, 5.41) is 3.22. The van der Waals surface area contributed by atoms with Gasteiger partial charge in [-0.1, -0.05) is 6.42 Å². The van der Waals surface area contributed by atoms with Crippen LogP contribution in [0.25, 0.3) is 0 Å². The van der Waals surface area contributed by atoms with Gasteiger partial charge in [-0.05, 0) is 68.0 Å². The number of carbonyl (C=O) groups excluding carboxylic acids is 3. The minimum absolute atomic E-state index is 0.189. The number of aryl methyl sites for hydroxylation is 3. The molecule has 0 saturated carbocycles. The van der Waals surface area contributed by atoms with E-state index < -0.39 is 5.91 Å². The monoisotopic (exact) mass is 443 g/mol. The van der Waals surface area contributed by atoms with Gasteiger partial charge in [-0.25, -0.2) is 0 Å². The summed E-state index contributed by atoms with van der Waals surface area (Å²) in [5.74, 6) is -0.947. The third-order valence-corrected chi connectivity index (χ3v) is 7.25. The molecule has 4 rings (SSSR count). The second-order valence-electron chi connectivity index (χ2n) is 7.08. The van der Waals surface area contributed by atoms with Gasteiger partial charge in [-0.3, -0.25) is 25.2 Å². The van der Waals surface area contributed by atoms with Crippen LogP contribution in [-0.4, -0.2) is 17.7 Å². The quantitative estimate of drug-likeness (QED) is 0.413. The average molecular weight is 444 g/mol. The third kappa shape index (κ3) is 4.47. The van der Waals surface area contributed by atoms with Gasteiger partial charge in [-0.2, -0.15) is 0 Å². The van der Waals surface area contributed by atoms with E-state index in [9.17, 15) is 14.4 Å². The van der Waals surface area contributed by atoms with E-state index in [1.807, 2.05) is 6.07 Å². The molecule has 3 heterocycles. The van der Waals surface area contributed by atoms with Crippen molar-refractivity contribution < 1.29 is 18.8 Å². The number of fused-ring (bicyclic) bond motifs is 1. The molecule has 0 spiro atoms. The van der Waals surface area contributed by atoms with Gasteiger partial charge in [0.2, 0.25) is 0 Å². The van der Waals surface area contributed by atoms with E-state index in [2.05, 4.69) is 16.2 Å². The fourth-order valence-corrected chi connectivity index (χ4v) is 5.47. The van der Waals surface area contributed by atoms with Crippen LogP contribution >= 0.6 is 22.7 Å². The number of hydrogen-bond donors (Lipinski definition) is 3. The van der Waals surface area contributed by atoms with E-state index in [4.69, 9.17) is 4.42 Å². The number of furan rings is 1. The molecular formula is C21H21N3O4S2. The number of thiophene rings is 2. The first-order valence-corrected chi connectivity index (χ1v) is 11.3.